The zero-order valence-electron chi connectivity index (χ0n) is 17.8. The van der Waals surface area contributed by atoms with Crippen molar-refractivity contribution in [2.75, 3.05) is 38.3 Å². The minimum atomic E-state index is 0.733. The average molecular weight is 425 g/mol. The minimum Gasteiger partial charge on any atom is -0.378 e. The van der Waals surface area contributed by atoms with E-state index in [1.165, 1.54) is 16.2 Å². The van der Waals surface area contributed by atoms with Gasteiger partial charge in [0.2, 0.25) is 4.77 Å². The van der Waals surface area contributed by atoms with Crippen LogP contribution in [0.2, 0.25) is 0 Å². The van der Waals surface area contributed by atoms with Crippen LogP contribution >= 0.6 is 12.2 Å². The summed E-state index contributed by atoms with van der Waals surface area (Å²) in [7, 11) is 2.19. The molecular weight excluding hydrogens is 394 g/mol. The Hall–Kier alpha value is -2.48. The molecule has 1 atom stereocenters. The Kier molecular flexibility index (Phi) is 6.62. The van der Waals surface area contributed by atoms with Crippen molar-refractivity contribution in [3.63, 3.8) is 0 Å². The SMILES string of the molecule is CCn1c(-c2ccccc2)nn(C[NH+](C)Cc2ccc(N3CCOCC3)cc2)c1=S. The highest BCUT2D eigenvalue weighted by atomic mass is 32.1. The molecule has 0 radical (unpaired) electrons. The van der Waals surface area contributed by atoms with Crippen LogP contribution in [0.15, 0.2) is 54.6 Å². The molecule has 2 heterocycles. The van der Waals surface area contributed by atoms with Crippen molar-refractivity contribution in [3.8, 4) is 11.4 Å². The van der Waals surface area contributed by atoms with Crippen molar-refractivity contribution < 1.29 is 9.64 Å². The highest BCUT2D eigenvalue weighted by Crippen LogP contribution is 2.18. The summed E-state index contributed by atoms with van der Waals surface area (Å²) in [6, 6.07) is 19.2. The lowest BCUT2D eigenvalue weighted by Gasteiger charge is -2.29. The molecule has 1 N–H and O–H groups in total. The fraction of sp³-hybridized carbons (Fsp3) is 0.391. The molecule has 3 aromatic rings. The van der Waals surface area contributed by atoms with E-state index in [1.54, 1.807) is 0 Å². The van der Waals surface area contributed by atoms with E-state index in [-0.39, 0.29) is 0 Å². The first-order chi connectivity index (χ1) is 14.7. The maximum absolute atomic E-state index is 5.72. The molecule has 4 rings (SSSR count). The molecule has 7 heteroatoms. The van der Waals surface area contributed by atoms with Gasteiger partial charge < -0.3 is 19.1 Å². The molecule has 1 unspecified atom stereocenters. The molecule has 1 saturated heterocycles. The van der Waals surface area contributed by atoms with E-state index in [4.69, 9.17) is 22.1 Å². The van der Waals surface area contributed by atoms with E-state index in [1.807, 2.05) is 22.9 Å². The molecular formula is C23H30N5OS+. The van der Waals surface area contributed by atoms with Crippen molar-refractivity contribution >= 4 is 17.9 Å². The van der Waals surface area contributed by atoms with Crippen LogP contribution in [0.5, 0.6) is 0 Å². The van der Waals surface area contributed by atoms with Gasteiger partial charge in [-0.1, -0.05) is 42.5 Å². The Bertz CT molecular complexity index is 1010. The number of nitrogens with zero attached hydrogens (tertiary/aromatic N) is 4. The molecule has 1 fully saturated rings. The Morgan fingerprint density at radius 3 is 2.40 bits per heavy atom. The smallest absolute Gasteiger partial charge is 0.203 e. The van der Waals surface area contributed by atoms with Crippen LogP contribution in [-0.4, -0.2) is 47.7 Å². The number of rotatable bonds is 7. The molecule has 1 aromatic heterocycles. The topological polar surface area (TPSA) is 39.7 Å². The lowest BCUT2D eigenvalue weighted by molar-refractivity contribution is -0.917. The predicted octanol–water partition coefficient (Wildman–Crippen LogP) is 2.61. The summed E-state index contributed by atoms with van der Waals surface area (Å²) >= 11 is 5.72. The number of hydrogen-bond acceptors (Lipinski definition) is 4. The van der Waals surface area contributed by atoms with Crippen LogP contribution in [-0.2, 0) is 24.5 Å². The Balaban J connectivity index is 1.44. The van der Waals surface area contributed by atoms with Crippen LogP contribution < -0.4 is 9.80 Å². The minimum absolute atomic E-state index is 0.733. The molecule has 0 saturated carbocycles. The van der Waals surface area contributed by atoms with E-state index < -0.39 is 0 Å². The zero-order valence-corrected chi connectivity index (χ0v) is 18.6. The highest BCUT2D eigenvalue weighted by molar-refractivity contribution is 7.71. The summed E-state index contributed by atoms with van der Waals surface area (Å²) in [6.07, 6.45) is 0. The second kappa shape index (κ2) is 9.55. The monoisotopic (exact) mass is 424 g/mol. The Morgan fingerprint density at radius 1 is 1.03 bits per heavy atom. The van der Waals surface area contributed by atoms with Crippen molar-refractivity contribution in [2.24, 2.45) is 0 Å². The predicted molar refractivity (Wildman–Crippen MR) is 122 cm³/mol. The normalized spacial score (nSPS) is 15.3. The molecule has 2 aromatic carbocycles. The van der Waals surface area contributed by atoms with Crippen molar-refractivity contribution in [1.82, 2.24) is 14.3 Å². The summed E-state index contributed by atoms with van der Waals surface area (Å²) in [5.74, 6) is 0.936. The fourth-order valence-corrected chi connectivity index (χ4v) is 4.26. The molecule has 0 spiro atoms. The van der Waals surface area contributed by atoms with Gasteiger partial charge in [0, 0.05) is 36.4 Å². The first-order valence-corrected chi connectivity index (χ1v) is 11.0. The van der Waals surface area contributed by atoms with E-state index in [9.17, 15) is 0 Å². The maximum atomic E-state index is 5.72. The van der Waals surface area contributed by atoms with Gasteiger partial charge >= 0.3 is 0 Å². The van der Waals surface area contributed by atoms with Gasteiger partial charge in [0.25, 0.3) is 0 Å². The molecule has 6 nitrogen and oxygen atoms in total. The molecule has 1 aliphatic rings. The fourth-order valence-electron chi connectivity index (χ4n) is 3.94. The third-order valence-corrected chi connectivity index (χ3v) is 5.94. The van der Waals surface area contributed by atoms with Gasteiger partial charge in [0.1, 0.15) is 6.54 Å². The Morgan fingerprint density at radius 2 is 1.73 bits per heavy atom. The summed E-state index contributed by atoms with van der Waals surface area (Å²) in [5.41, 5.74) is 3.69. The number of aromatic nitrogens is 3. The van der Waals surface area contributed by atoms with Gasteiger partial charge in [-0.2, -0.15) is 4.68 Å². The first kappa shape index (κ1) is 20.8. The lowest BCUT2D eigenvalue weighted by atomic mass is 10.2. The summed E-state index contributed by atoms with van der Waals surface area (Å²) in [6.45, 7) is 8.13. The molecule has 158 valence electrons. The molecule has 30 heavy (non-hydrogen) atoms. The molecule has 0 aliphatic carbocycles. The number of ether oxygens (including phenoxy) is 1. The second-order valence-corrected chi connectivity index (χ2v) is 8.14. The van der Waals surface area contributed by atoms with Crippen molar-refractivity contribution in [3.05, 3.63) is 64.9 Å². The van der Waals surface area contributed by atoms with Crippen LogP contribution in [0.4, 0.5) is 5.69 Å². The van der Waals surface area contributed by atoms with E-state index in [0.717, 1.165) is 62.2 Å². The van der Waals surface area contributed by atoms with Gasteiger partial charge in [0.05, 0.1) is 20.3 Å². The average Bonchev–Trinajstić information content (AvgIpc) is 3.10. The standard InChI is InChI=1S/C23H29N5OS/c1-3-27-22(20-7-5-4-6-8-20)24-28(23(27)30)18-25(2)17-19-9-11-21(12-10-19)26-13-15-29-16-14-26/h4-12H,3,13-18H2,1-2H3/p+1. The first-order valence-electron chi connectivity index (χ1n) is 10.6. The van der Waals surface area contributed by atoms with E-state index in [0.29, 0.717) is 0 Å². The van der Waals surface area contributed by atoms with Crippen molar-refractivity contribution in [1.29, 1.82) is 0 Å². The van der Waals surface area contributed by atoms with Crippen molar-refractivity contribution in [2.45, 2.75) is 26.7 Å². The van der Waals surface area contributed by atoms with E-state index >= 15 is 0 Å². The highest BCUT2D eigenvalue weighted by Gasteiger charge is 2.15. The van der Waals surface area contributed by atoms with Gasteiger partial charge in [-0.05, 0) is 31.3 Å². The number of nitrogens with one attached hydrogen (secondary N) is 1. The van der Waals surface area contributed by atoms with Gasteiger partial charge in [-0.25, -0.2) is 0 Å². The summed E-state index contributed by atoms with van der Waals surface area (Å²) < 4.78 is 10.3. The van der Waals surface area contributed by atoms with Crippen LogP contribution in [0, 0.1) is 4.77 Å². The largest absolute Gasteiger partial charge is 0.378 e. The maximum Gasteiger partial charge on any atom is 0.203 e. The van der Waals surface area contributed by atoms with E-state index in [2.05, 4.69) is 59.8 Å². The molecule has 0 amide bonds. The quantitative estimate of drug-likeness (QED) is 0.592. The molecule has 1 aliphatic heterocycles. The summed E-state index contributed by atoms with van der Waals surface area (Å²) in [4.78, 5) is 3.72. The number of hydrogen-bond donors (Lipinski definition) is 1. The van der Waals surface area contributed by atoms with Crippen LogP contribution in [0.1, 0.15) is 12.5 Å². The third-order valence-electron chi connectivity index (χ3n) is 5.51. The van der Waals surface area contributed by atoms with Gasteiger partial charge in [0.15, 0.2) is 12.5 Å². The number of quaternary nitrogens is 1. The van der Waals surface area contributed by atoms with Crippen LogP contribution in [0.3, 0.4) is 0 Å². The van der Waals surface area contributed by atoms with Gasteiger partial charge in [-0.15, -0.1) is 5.10 Å². The lowest BCUT2D eigenvalue weighted by Crippen LogP contribution is -3.07. The number of benzene rings is 2. The second-order valence-electron chi connectivity index (χ2n) is 7.77. The Labute approximate surface area is 183 Å². The third kappa shape index (κ3) is 4.64. The number of morpholine rings is 1. The number of anilines is 1. The van der Waals surface area contributed by atoms with Crippen LogP contribution in [0.25, 0.3) is 11.4 Å². The summed E-state index contributed by atoms with van der Waals surface area (Å²) in [5, 5.41) is 4.84. The van der Waals surface area contributed by atoms with Gasteiger partial charge in [-0.3, -0.25) is 0 Å². The molecule has 0 bridgehead atoms. The zero-order chi connectivity index (χ0) is 20.9.